The molecule has 0 aliphatic heterocycles. The first-order valence-electron chi connectivity index (χ1n) is 7.25. The number of nitrogens with zero attached hydrogens (tertiary/aromatic N) is 3. The normalized spacial score (nSPS) is 10.3. The Balaban J connectivity index is 2.05. The van der Waals surface area contributed by atoms with Crippen LogP contribution >= 0.6 is 0 Å². The number of ether oxygens (including phenoxy) is 1. The Hall–Kier alpha value is -3.08. The van der Waals surface area contributed by atoms with E-state index in [1.165, 1.54) is 4.90 Å². The predicted octanol–water partition coefficient (Wildman–Crippen LogP) is 3.60. The van der Waals surface area contributed by atoms with Gasteiger partial charge in [0, 0.05) is 25.7 Å². The second-order valence-corrected chi connectivity index (χ2v) is 5.24. The van der Waals surface area contributed by atoms with Crippen LogP contribution in [0, 0.1) is 0 Å². The maximum absolute atomic E-state index is 11.9. The number of aromatic nitrogens is 2. The zero-order chi connectivity index (χ0) is 16.2. The van der Waals surface area contributed by atoms with Crippen molar-refractivity contribution in [3.63, 3.8) is 0 Å². The number of carbonyl (C=O) groups excluding carboxylic acids is 1. The third-order valence-corrected chi connectivity index (χ3v) is 3.30. The maximum Gasteiger partial charge on any atom is 0.416 e. The van der Waals surface area contributed by atoms with Crippen LogP contribution in [0.5, 0.6) is 5.88 Å². The Morgan fingerprint density at radius 2 is 1.61 bits per heavy atom. The Morgan fingerprint density at radius 1 is 1.00 bits per heavy atom. The summed E-state index contributed by atoms with van der Waals surface area (Å²) in [6.07, 6.45) is -0.443. The van der Waals surface area contributed by atoms with Gasteiger partial charge in [0.2, 0.25) is 5.88 Å². The van der Waals surface area contributed by atoms with Gasteiger partial charge >= 0.3 is 6.09 Å². The number of hydrogen-bond acceptors (Lipinski definition) is 3. The first-order valence-corrected chi connectivity index (χ1v) is 7.25. The average molecular weight is 307 g/mol. The molecule has 5 nitrogen and oxygen atoms in total. The molecule has 0 N–H and O–H groups in total. The van der Waals surface area contributed by atoms with E-state index >= 15 is 0 Å². The van der Waals surface area contributed by atoms with E-state index in [-0.39, 0.29) is 0 Å². The van der Waals surface area contributed by atoms with Crippen molar-refractivity contribution < 1.29 is 9.53 Å². The van der Waals surface area contributed by atoms with Crippen molar-refractivity contribution in [3.8, 4) is 22.8 Å². The molecule has 0 radical (unpaired) electrons. The van der Waals surface area contributed by atoms with Crippen molar-refractivity contribution in [2.75, 3.05) is 14.1 Å². The zero-order valence-corrected chi connectivity index (χ0v) is 13.0. The standard InChI is InChI=1S/C18H17N3O2/c1-20(2)18(22)23-17-13-16(14-9-5-3-6-10-14)19-21(17)15-11-7-4-8-12-15/h3-13H,1-2H3. The molecule has 1 heterocycles. The van der Waals surface area contributed by atoms with Gasteiger partial charge in [0.15, 0.2) is 0 Å². The summed E-state index contributed by atoms with van der Waals surface area (Å²) in [6.45, 7) is 0. The Labute approximate surface area is 134 Å². The molecule has 3 aromatic rings. The summed E-state index contributed by atoms with van der Waals surface area (Å²) in [7, 11) is 3.29. The van der Waals surface area contributed by atoms with E-state index in [0.29, 0.717) is 5.88 Å². The van der Waals surface area contributed by atoms with Gasteiger partial charge in [-0.15, -0.1) is 0 Å². The van der Waals surface area contributed by atoms with Crippen molar-refractivity contribution in [2.24, 2.45) is 0 Å². The molecular weight excluding hydrogens is 290 g/mol. The van der Waals surface area contributed by atoms with Crippen LogP contribution in [-0.2, 0) is 0 Å². The summed E-state index contributed by atoms with van der Waals surface area (Å²) >= 11 is 0. The number of rotatable bonds is 3. The van der Waals surface area contributed by atoms with Gasteiger partial charge in [0.25, 0.3) is 0 Å². The topological polar surface area (TPSA) is 47.4 Å². The minimum Gasteiger partial charge on any atom is -0.391 e. The lowest BCUT2D eigenvalue weighted by Crippen LogP contribution is -2.26. The van der Waals surface area contributed by atoms with Gasteiger partial charge < -0.3 is 9.64 Å². The number of amides is 1. The first kappa shape index (κ1) is 14.8. The van der Waals surface area contributed by atoms with Crippen LogP contribution in [0.1, 0.15) is 0 Å². The minimum atomic E-state index is -0.443. The lowest BCUT2D eigenvalue weighted by molar-refractivity contribution is 0.168. The average Bonchev–Trinajstić information content (AvgIpc) is 3.00. The summed E-state index contributed by atoms with van der Waals surface area (Å²) in [6, 6.07) is 21.1. The van der Waals surface area contributed by atoms with Crippen molar-refractivity contribution in [1.29, 1.82) is 0 Å². The highest BCUT2D eigenvalue weighted by atomic mass is 16.6. The van der Waals surface area contributed by atoms with Crippen LogP contribution in [0.25, 0.3) is 16.9 Å². The molecule has 1 amide bonds. The summed E-state index contributed by atoms with van der Waals surface area (Å²) in [5.41, 5.74) is 2.54. The second-order valence-electron chi connectivity index (χ2n) is 5.24. The van der Waals surface area contributed by atoms with Crippen LogP contribution in [0.4, 0.5) is 4.79 Å². The monoisotopic (exact) mass is 307 g/mol. The Kier molecular flexibility index (Phi) is 4.10. The highest BCUT2D eigenvalue weighted by molar-refractivity contribution is 5.71. The SMILES string of the molecule is CN(C)C(=O)Oc1cc(-c2ccccc2)nn1-c1ccccc1. The maximum atomic E-state index is 11.9. The van der Waals surface area contributed by atoms with Gasteiger partial charge in [-0.05, 0) is 12.1 Å². The fourth-order valence-electron chi connectivity index (χ4n) is 2.12. The largest absolute Gasteiger partial charge is 0.416 e. The highest BCUT2D eigenvalue weighted by Gasteiger charge is 2.16. The molecule has 0 saturated heterocycles. The molecule has 0 bridgehead atoms. The molecule has 0 saturated carbocycles. The lowest BCUT2D eigenvalue weighted by atomic mass is 10.2. The van der Waals surface area contributed by atoms with Gasteiger partial charge in [-0.1, -0.05) is 48.5 Å². The highest BCUT2D eigenvalue weighted by Crippen LogP contribution is 2.26. The minimum absolute atomic E-state index is 0.383. The summed E-state index contributed by atoms with van der Waals surface area (Å²) in [4.78, 5) is 13.3. The van der Waals surface area contributed by atoms with Crippen LogP contribution in [0.15, 0.2) is 66.7 Å². The van der Waals surface area contributed by atoms with Crippen LogP contribution in [0.3, 0.4) is 0 Å². The van der Waals surface area contributed by atoms with Gasteiger partial charge in [-0.2, -0.15) is 9.78 Å². The van der Waals surface area contributed by atoms with Gasteiger partial charge in [-0.25, -0.2) is 4.79 Å². The number of hydrogen-bond donors (Lipinski definition) is 0. The van der Waals surface area contributed by atoms with E-state index in [1.54, 1.807) is 24.8 Å². The molecule has 2 aromatic carbocycles. The van der Waals surface area contributed by atoms with E-state index in [1.807, 2.05) is 60.7 Å². The van der Waals surface area contributed by atoms with Crippen molar-refractivity contribution in [3.05, 3.63) is 66.7 Å². The smallest absolute Gasteiger partial charge is 0.391 e. The molecule has 0 unspecified atom stereocenters. The van der Waals surface area contributed by atoms with Gasteiger partial charge in [0.1, 0.15) is 0 Å². The Morgan fingerprint density at radius 3 is 2.22 bits per heavy atom. The summed E-state index contributed by atoms with van der Waals surface area (Å²) in [5.74, 6) is 0.383. The summed E-state index contributed by atoms with van der Waals surface area (Å²) < 4.78 is 7.08. The molecule has 1 aromatic heterocycles. The van der Waals surface area contributed by atoms with Crippen molar-refractivity contribution >= 4 is 6.09 Å². The second kappa shape index (κ2) is 6.36. The molecule has 0 fully saturated rings. The molecule has 116 valence electrons. The van der Waals surface area contributed by atoms with Crippen molar-refractivity contribution in [2.45, 2.75) is 0 Å². The van der Waals surface area contributed by atoms with Crippen LogP contribution < -0.4 is 4.74 Å². The van der Waals surface area contributed by atoms with Crippen LogP contribution in [0.2, 0.25) is 0 Å². The van der Waals surface area contributed by atoms with Gasteiger partial charge in [-0.3, -0.25) is 0 Å². The third-order valence-electron chi connectivity index (χ3n) is 3.30. The molecule has 3 rings (SSSR count). The molecule has 0 spiro atoms. The summed E-state index contributed by atoms with van der Waals surface area (Å²) in [5, 5.41) is 4.58. The van der Waals surface area contributed by atoms with Gasteiger partial charge in [0.05, 0.1) is 11.4 Å². The molecule has 0 aliphatic rings. The molecular formula is C18H17N3O2. The van der Waals surface area contributed by atoms with Crippen molar-refractivity contribution in [1.82, 2.24) is 14.7 Å². The number of para-hydroxylation sites is 1. The molecule has 5 heteroatoms. The van der Waals surface area contributed by atoms with E-state index in [0.717, 1.165) is 16.9 Å². The van der Waals surface area contributed by atoms with E-state index in [2.05, 4.69) is 5.10 Å². The fraction of sp³-hybridized carbons (Fsp3) is 0.111. The van der Waals surface area contributed by atoms with E-state index in [4.69, 9.17) is 4.74 Å². The predicted molar refractivity (Wildman–Crippen MR) is 88.7 cm³/mol. The number of carbonyl (C=O) groups is 1. The molecule has 23 heavy (non-hydrogen) atoms. The quantitative estimate of drug-likeness (QED) is 0.743. The first-order chi connectivity index (χ1) is 11.1. The molecule has 0 atom stereocenters. The zero-order valence-electron chi connectivity index (χ0n) is 13.0. The third kappa shape index (κ3) is 3.23. The number of benzene rings is 2. The van der Waals surface area contributed by atoms with Crippen LogP contribution in [-0.4, -0.2) is 34.9 Å². The van der Waals surface area contributed by atoms with E-state index < -0.39 is 6.09 Å². The lowest BCUT2D eigenvalue weighted by Gasteiger charge is -2.11. The van der Waals surface area contributed by atoms with E-state index in [9.17, 15) is 4.79 Å². The fourth-order valence-corrected chi connectivity index (χ4v) is 2.12. The Bertz CT molecular complexity index is 796. The molecule has 0 aliphatic carbocycles.